The minimum Gasteiger partial charge on any atom is -0.289 e. The third-order valence-electron chi connectivity index (χ3n) is 9.88. The number of hydrogen-bond donors (Lipinski definition) is 0. The number of nitrogens with zero attached hydrogens (tertiary/aromatic N) is 4. The van der Waals surface area contributed by atoms with Crippen LogP contribution < -0.4 is 0 Å². The van der Waals surface area contributed by atoms with Crippen molar-refractivity contribution in [2.24, 2.45) is 42.1 Å². The number of thiophene rings is 1. The summed E-state index contributed by atoms with van der Waals surface area (Å²) in [5.74, 6) is 0.0790. The molecule has 0 unspecified atom stereocenters. The van der Waals surface area contributed by atoms with Crippen LogP contribution in [0, 0.1) is 21.7 Å². The molecule has 0 aliphatic heterocycles. The van der Waals surface area contributed by atoms with Crippen LogP contribution in [-0.2, 0) is 16.0 Å². The van der Waals surface area contributed by atoms with E-state index in [1.165, 1.54) is 0 Å². The summed E-state index contributed by atoms with van der Waals surface area (Å²) in [6.45, 7) is 26.9. The zero-order valence-electron chi connectivity index (χ0n) is 36.2. The van der Waals surface area contributed by atoms with Gasteiger partial charge in [-0.05, 0) is 100 Å². The summed E-state index contributed by atoms with van der Waals surface area (Å²) in [6.07, 6.45) is 9.54. The maximum absolute atomic E-state index is 14.1. The standard InChI is InChI=1S/C49H56Cl2N4O2S/c1-14-17-29-26-40(41(54-52-34-20-15-18-32(50)27-34)30-22-36(46(2,3)4)43(56)37(23-30)47(5,6)7)58-45(29)42(55-53-35-21-16-19-33(51)28-35)31-24-38(48(8,9)10)44(57)39(25-31)49(11,12)13/h15-16,18-28H,14,17H2,1-13H3. The van der Waals surface area contributed by atoms with Crippen LogP contribution in [0.5, 0.6) is 0 Å². The van der Waals surface area contributed by atoms with Gasteiger partial charge in [-0.1, -0.05) is 132 Å². The van der Waals surface area contributed by atoms with Crippen molar-refractivity contribution in [3.63, 3.8) is 0 Å². The summed E-state index contributed by atoms with van der Waals surface area (Å²) in [5, 5.41) is 20.6. The Balaban J connectivity index is 1.92. The molecule has 0 bridgehead atoms. The zero-order chi connectivity index (χ0) is 43.0. The summed E-state index contributed by atoms with van der Waals surface area (Å²) in [5.41, 5.74) is 6.25. The van der Waals surface area contributed by atoms with E-state index >= 15 is 0 Å². The van der Waals surface area contributed by atoms with Crippen molar-refractivity contribution in [3.05, 3.63) is 138 Å². The van der Waals surface area contributed by atoms with Crippen molar-refractivity contribution >= 4 is 68.9 Å². The van der Waals surface area contributed by atoms with E-state index in [1.807, 2.05) is 48.6 Å². The van der Waals surface area contributed by atoms with Crippen LogP contribution in [0.25, 0.3) is 11.4 Å². The van der Waals surface area contributed by atoms with Crippen molar-refractivity contribution in [3.8, 4) is 0 Å². The van der Waals surface area contributed by atoms with E-state index in [2.05, 4.69) is 96.1 Å². The molecule has 2 aliphatic rings. The molecule has 0 amide bonds. The average molecular weight is 836 g/mol. The number of carbonyl (C=O) groups excluding carboxylic acids is 2. The van der Waals surface area contributed by atoms with Crippen molar-refractivity contribution in [1.29, 1.82) is 0 Å². The number of aryl methyl sites for hydroxylation is 1. The topological polar surface area (TPSA) is 83.6 Å². The van der Waals surface area contributed by atoms with Gasteiger partial charge in [0.2, 0.25) is 0 Å². The molecule has 0 saturated carbocycles. The fourth-order valence-electron chi connectivity index (χ4n) is 6.74. The van der Waals surface area contributed by atoms with E-state index in [4.69, 9.17) is 43.7 Å². The Hall–Kier alpha value is -4.30. The Bertz CT molecular complexity index is 2320. The first-order valence-electron chi connectivity index (χ1n) is 19.8. The number of ketones is 2. The number of allylic oxidation sites excluding steroid dienone is 10. The Labute approximate surface area is 359 Å². The predicted molar refractivity (Wildman–Crippen MR) is 244 cm³/mol. The van der Waals surface area contributed by atoms with Gasteiger partial charge in [0.25, 0.3) is 0 Å². The molecule has 1 heterocycles. The van der Waals surface area contributed by atoms with Gasteiger partial charge < -0.3 is 0 Å². The molecule has 0 spiro atoms. The molecule has 3 aromatic rings. The van der Waals surface area contributed by atoms with Crippen LogP contribution in [0.2, 0.25) is 10.0 Å². The second kappa shape index (κ2) is 17.1. The molecular weight excluding hydrogens is 780 g/mol. The van der Waals surface area contributed by atoms with Crippen molar-refractivity contribution in [1.82, 2.24) is 0 Å². The van der Waals surface area contributed by atoms with Gasteiger partial charge >= 0.3 is 0 Å². The lowest BCUT2D eigenvalue weighted by Crippen LogP contribution is -2.28. The van der Waals surface area contributed by atoms with E-state index < -0.39 is 21.7 Å². The molecule has 0 atom stereocenters. The molecule has 58 heavy (non-hydrogen) atoms. The maximum Gasteiger partial charge on any atom is 0.186 e. The maximum atomic E-state index is 14.1. The lowest BCUT2D eigenvalue weighted by molar-refractivity contribution is -0.114. The first kappa shape index (κ1) is 44.8. The molecular formula is C49H56Cl2N4O2S. The van der Waals surface area contributed by atoms with E-state index in [0.29, 0.717) is 55.1 Å². The van der Waals surface area contributed by atoms with E-state index in [-0.39, 0.29) is 11.6 Å². The number of carbonyl (C=O) groups is 2. The molecule has 2 aliphatic carbocycles. The number of hydrogen-bond acceptors (Lipinski definition) is 7. The van der Waals surface area contributed by atoms with Gasteiger partial charge in [-0.3, -0.25) is 9.59 Å². The number of rotatable bonds is 8. The van der Waals surface area contributed by atoms with Crippen LogP contribution >= 0.6 is 34.5 Å². The molecule has 0 radical (unpaired) electrons. The molecule has 0 fully saturated rings. The second-order valence-corrected chi connectivity index (χ2v) is 21.0. The predicted octanol–water partition coefficient (Wildman–Crippen LogP) is 16.1. The van der Waals surface area contributed by atoms with Crippen molar-refractivity contribution in [2.75, 3.05) is 0 Å². The number of Topliss-reactive ketones (excluding diaryl/α,β-unsaturated/α-hetero) is 2. The minimum absolute atomic E-state index is 0.0385. The first-order chi connectivity index (χ1) is 26.9. The molecule has 304 valence electrons. The average Bonchev–Trinajstić information content (AvgIpc) is 3.50. The van der Waals surface area contributed by atoms with Crippen LogP contribution in [0.15, 0.2) is 133 Å². The van der Waals surface area contributed by atoms with Crippen LogP contribution in [0.3, 0.4) is 0 Å². The monoisotopic (exact) mass is 834 g/mol. The van der Waals surface area contributed by atoms with Gasteiger partial charge in [-0.15, -0.1) is 21.6 Å². The van der Waals surface area contributed by atoms with Gasteiger partial charge in [0.15, 0.2) is 11.6 Å². The molecule has 0 N–H and O–H groups in total. The van der Waals surface area contributed by atoms with E-state index in [1.54, 1.807) is 35.6 Å². The van der Waals surface area contributed by atoms with Crippen LogP contribution in [0.1, 0.15) is 112 Å². The molecule has 2 aromatic carbocycles. The first-order valence-corrected chi connectivity index (χ1v) is 21.4. The summed E-state index contributed by atoms with van der Waals surface area (Å²) >= 11 is 14.3. The highest BCUT2D eigenvalue weighted by molar-refractivity contribution is 7.14. The summed E-state index contributed by atoms with van der Waals surface area (Å²) < 4.78 is 0. The Morgan fingerprint density at radius 3 is 1.31 bits per heavy atom. The largest absolute Gasteiger partial charge is 0.289 e. The summed E-state index contributed by atoms with van der Waals surface area (Å²) in [7, 11) is 0. The van der Waals surface area contributed by atoms with Crippen molar-refractivity contribution in [2.45, 2.75) is 103 Å². The summed E-state index contributed by atoms with van der Waals surface area (Å²) in [6, 6.07) is 16.7. The van der Waals surface area contributed by atoms with Crippen molar-refractivity contribution < 1.29 is 9.59 Å². The van der Waals surface area contributed by atoms with Gasteiger partial charge in [0.05, 0.1) is 21.1 Å². The van der Waals surface area contributed by atoms with Gasteiger partial charge in [-0.2, -0.15) is 10.2 Å². The molecule has 0 saturated heterocycles. The fourth-order valence-corrected chi connectivity index (χ4v) is 8.33. The fraction of sp³-hybridized carbons (Fsp3) is 0.388. The Morgan fingerprint density at radius 1 is 0.569 bits per heavy atom. The Kier molecular flexibility index (Phi) is 13.2. The van der Waals surface area contributed by atoms with E-state index in [9.17, 15) is 9.59 Å². The Morgan fingerprint density at radius 2 is 0.948 bits per heavy atom. The van der Waals surface area contributed by atoms with Gasteiger partial charge in [0.1, 0.15) is 11.4 Å². The number of azo groups is 2. The summed E-state index contributed by atoms with van der Waals surface area (Å²) in [4.78, 5) is 29.9. The second-order valence-electron chi connectivity index (χ2n) is 19.1. The molecule has 1 aromatic heterocycles. The van der Waals surface area contributed by atoms with Crippen LogP contribution in [-0.4, -0.2) is 11.6 Å². The third-order valence-corrected chi connectivity index (χ3v) is 11.5. The number of benzene rings is 2. The quantitative estimate of drug-likeness (QED) is 0.212. The molecule has 9 heteroatoms. The van der Waals surface area contributed by atoms with Gasteiger partial charge in [0, 0.05) is 43.5 Å². The van der Waals surface area contributed by atoms with E-state index in [0.717, 1.165) is 39.3 Å². The smallest absolute Gasteiger partial charge is 0.186 e. The highest BCUT2D eigenvalue weighted by atomic mass is 35.5. The normalized spacial score (nSPS) is 15.9. The lowest BCUT2D eigenvalue weighted by Gasteiger charge is -2.31. The van der Waals surface area contributed by atoms with Crippen LogP contribution in [0.4, 0.5) is 11.4 Å². The highest BCUT2D eigenvalue weighted by Gasteiger charge is 2.37. The number of halogens is 2. The third kappa shape index (κ3) is 10.5. The minimum atomic E-state index is -0.430. The lowest BCUT2D eigenvalue weighted by atomic mass is 9.71. The molecule has 6 nitrogen and oxygen atoms in total. The highest BCUT2D eigenvalue weighted by Crippen LogP contribution is 2.46. The zero-order valence-corrected chi connectivity index (χ0v) is 38.5. The molecule has 5 rings (SSSR count). The van der Waals surface area contributed by atoms with Gasteiger partial charge in [-0.25, -0.2) is 0 Å². The SMILES string of the molecule is CCCc1cc(C(N=Nc2cccc(Cl)c2)=C2C=C(C(C)(C)C)C(=O)C(C(C)(C)C)=C2)sc1C(N=Nc1cccc(Cl)c1)=C1C=C(C(C)(C)C)C(=O)C(C(C)(C)C)=C1.